The number of nitrogens with zero attached hydrogens (tertiary/aromatic N) is 1. The van der Waals surface area contributed by atoms with Gasteiger partial charge in [0.2, 0.25) is 15.9 Å². The quantitative estimate of drug-likeness (QED) is 0.300. The number of carbonyl (C=O) groups is 2. The van der Waals surface area contributed by atoms with Crippen molar-refractivity contribution in [3.8, 4) is 0 Å². The minimum Gasteiger partial charge on any atom is -0.481 e. The molecule has 2 aliphatic rings. The molecule has 218 valence electrons. The van der Waals surface area contributed by atoms with Crippen LogP contribution in [0.2, 0.25) is 10.0 Å². The zero-order valence-corrected chi connectivity index (χ0v) is 25.5. The Balaban J connectivity index is 1.82. The summed E-state index contributed by atoms with van der Waals surface area (Å²) in [5, 5.41) is 10.9. The largest absolute Gasteiger partial charge is 0.481 e. The third kappa shape index (κ3) is 5.91. The van der Waals surface area contributed by atoms with Gasteiger partial charge in [-0.2, -0.15) is 0 Å². The molecule has 0 spiro atoms. The molecule has 1 saturated carbocycles. The van der Waals surface area contributed by atoms with Crippen LogP contribution in [0.3, 0.4) is 0 Å². The van der Waals surface area contributed by atoms with Crippen LogP contribution in [-0.4, -0.2) is 47.6 Å². The first-order valence-corrected chi connectivity index (χ1v) is 16.1. The predicted molar refractivity (Wildman–Crippen MR) is 158 cm³/mol. The van der Waals surface area contributed by atoms with E-state index in [1.807, 2.05) is 44.2 Å². The number of amides is 1. The summed E-state index contributed by atoms with van der Waals surface area (Å²) in [6.07, 6.45) is 3.09. The first kappa shape index (κ1) is 30.8. The van der Waals surface area contributed by atoms with Crippen molar-refractivity contribution in [3.05, 3.63) is 69.7 Å². The number of piperidine rings is 1. The van der Waals surface area contributed by atoms with E-state index in [-0.39, 0.29) is 24.8 Å². The SMILES string of the molecule is CCC(CNS(=O)(=O)C1(CC)CCC1)N1C(=O)C(C)(CC(=O)O)CC(c2cccc(Cl)c2)C1c1ccc(Cl)cc1. The molecule has 2 aromatic carbocycles. The van der Waals surface area contributed by atoms with Gasteiger partial charge in [-0.3, -0.25) is 9.59 Å². The average molecular weight is 610 g/mol. The maximum atomic E-state index is 14.4. The van der Waals surface area contributed by atoms with Gasteiger partial charge in [0.1, 0.15) is 0 Å². The minimum absolute atomic E-state index is 0.0435. The summed E-state index contributed by atoms with van der Waals surface area (Å²) in [6, 6.07) is 13.7. The Morgan fingerprint density at radius 2 is 1.77 bits per heavy atom. The average Bonchev–Trinajstić information content (AvgIpc) is 2.86. The molecule has 1 saturated heterocycles. The fourth-order valence-corrected chi connectivity index (χ4v) is 8.71. The molecule has 1 amide bonds. The predicted octanol–water partition coefficient (Wildman–Crippen LogP) is 6.56. The fourth-order valence-electron chi connectivity index (χ4n) is 6.46. The number of aliphatic carboxylic acids is 1. The van der Waals surface area contributed by atoms with Gasteiger partial charge in [-0.1, -0.05) is 74.7 Å². The molecule has 2 aromatic rings. The summed E-state index contributed by atoms with van der Waals surface area (Å²) in [5.41, 5.74) is 0.522. The topological polar surface area (TPSA) is 104 Å². The van der Waals surface area contributed by atoms with E-state index in [1.165, 1.54) is 0 Å². The van der Waals surface area contributed by atoms with Crippen LogP contribution < -0.4 is 4.72 Å². The molecule has 0 radical (unpaired) electrons. The van der Waals surface area contributed by atoms with E-state index in [0.29, 0.717) is 42.1 Å². The van der Waals surface area contributed by atoms with Crippen molar-refractivity contribution in [2.24, 2.45) is 5.41 Å². The molecule has 0 aromatic heterocycles. The van der Waals surface area contributed by atoms with E-state index in [9.17, 15) is 23.1 Å². The molecule has 4 unspecified atom stereocenters. The lowest BCUT2D eigenvalue weighted by Crippen LogP contribution is -2.59. The highest BCUT2D eigenvalue weighted by Gasteiger charge is 2.53. The third-order valence-corrected chi connectivity index (χ3v) is 11.9. The van der Waals surface area contributed by atoms with Crippen molar-refractivity contribution < 1.29 is 23.1 Å². The van der Waals surface area contributed by atoms with Crippen molar-refractivity contribution in [2.75, 3.05) is 6.54 Å². The summed E-state index contributed by atoms with van der Waals surface area (Å²) in [7, 11) is -3.62. The van der Waals surface area contributed by atoms with Gasteiger partial charge in [-0.15, -0.1) is 0 Å². The van der Waals surface area contributed by atoms with Crippen LogP contribution in [-0.2, 0) is 19.6 Å². The second-order valence-electron chi connectivity index (χ2n) is 11.5. The molecular weight excluding hydrogens is 571 g/mol. The number of likely N-dealkylation sites (tertiary alicyclic amines) is 1. The van der Waals surface area contributed by atoms with Crippen LogP contribution in [0.1, 0.15) is 88.8 Å². The number of hydrogen-bond donors (Lipinski definition) is 2. The van der Waals surface area contributed by atoms with Crippen LogP contribution in [0.4, 0.5) is 0 Å². The molecule has 10 heteroatoms. The standard InChI is InChI=1S/C30H38Cl2N2O5S/c1-4-24(19-33-40(38,39)30(5-2)14-7-15-30)34-27(20-10-12-22(31)13-11-20)25(21-8-6-9-23(32)16-21)17-29(3,28(34)37)18-26(35)36/h6,8-13,16,24-25,27,33H,4-5,7,14-15,17-19H2,1-3H3,(H,35,36). The van der Waals surface area contributed by atoms with Gasteiger partial charge in [-0.05, 0) is 67.5 Å². The van der Waals surface area contributed by atoms with E-state index < -0.39 is 38.2 Å². The van der Waals surface area contributed by atoms with E-state index in [1.54, 1.807) is 30.0 Å². The van der Waals surface area contributed by atoms with E-state index in [4.69, 9.17) is 23.2 Å². The molecule has 4 atom stereocenters. The van der Waals surface area contributed by atoms with Gasteiger partial charge in [-0.25, -0.2) is 13.1 Å². The Hall–Kier alpha value is -2.13. The maximum absolute atomic E-state index is 14.4. The monoisotopic (exact) mass is 608 g/mol. The number of benzene rings is 2. The molecule has 1 aliphatic carbocycles. The Morgan fingerprint density at radius 3 is 2.30 bits per heavy atom. The highest BCUT2D eigenvalue weighted by molar-refractivity contribution is 7.91. The normalized spacial score (nSPS) is 25.3. The second kappa shape index (κ2) is 12.0. The number of rotatable bonds is 11. The van der Waals surface area contributed by atoms with Gasteiger partial charge in [0.15, 0.2) is 0 Å². The summed E-state index contributed by atoms with van der Waals surface area (Å²) < 4.78 is 28.9. The lowest BCUT2D eigenvalue weighted by atomic mass is 9.67. The Morgan fingerprint density at radius 1 is 1.10 bits per heavy atom. The van der Waals surface area contributed by atoms with Crippen molar-refractivity contribution in [2.45, 2.75) is 88.5 Å². The number of nitrogens with one attached hydrogen (secondary N) is 1. The number of hydrogen-bond acceptors (Lipinski definition) is 4. The summed E-state index contributed by atoms with van der Waals surface area (Å²) >= 11 is 12.6. The van der Waals surface area contributed by atoms with E-state index in [2.05, 4.69) is 4.72 Å². The zero-order valence-electron chi connectivity index (χ0n) is 23.2. The first-order valence-electron chi connectivity index (χ1n) is 13.9. The fraction of sp³-hybridized carbons (Fsp3) is 0.533. The van der Waals surface area contributed by atoms with Gasteiger partial charge in [0, 0.05) is 28.5 Å². The molecule has 2 fully saturated rings. The van der Waals surface area contributed by atoms with Crippen molar-refractivity contribution in [1.82, 2.24) is 9.62 Å². The smallest absolute Gasteiger partial charge is 0.304 e. The lowest BCUT2D eigenvalue weighted by molar-refractivity contribution is -0.160. The van der Waals surface area contributed by atoms with Crippen molar-refractivity contribution in [3.63, 3.8) is 0 Å². The van der Waals surface area contributed by atoms with Crippen LogP contribution in [0.5, 0.6) is 0 Å². The molecule has 1 heterocycles. The third-order valence-electron chi connectivity index (χ3n) is 8.98. The Labute approximate surface area is 247 Å². The molecule has 2 N–H and O–H groups in total. The van der Waals surface area contributed by atoms with E-state index in [0.717, 1.165) is 17.5 Å². The number of carboxylic acid groups (broad SMARTS) is 1. The van der Waals surface area contributed by atoms with Crippen molar-refractivity contribution >= 4 is 45.1 Å². The summed E-state index contributed by atoms with van der Waals surface area (Å²) in [5.74, 6) is -1.65. The van der Waals surface area contributed by atoms with Gasteiger partial charge >= 0.3 is 5.97 Å². The lowest BCUT2D eigenvalue weighted by Gasteiger charge is -2.52. The van der Waals surface area contributed by atoms with Gasteiger partial charge in [0.25, 0.3) is 0 Å². The van der Waals surface area contributed by atoms with Crippen LogP contribution in [0.25, 0.3) is 0 Å². The zero-order chi connectivity index (χ0) is 29.3. The van der Waals surface area contributed by atoms with E-state index >= 15 is 0 Å². The van der Waals surface area contributed by atoms with Crippen LogP contribution in [0.15, 0.2) is 48.5 Å². The van der Waals surface area contributed by atoms with Gasteiger partial charge < -0.3 is 10.0 Å². The number of sulfonamides is 1. The minimum atomic E-state index is -3.62. The summed E-state index contributed by atoms with van der Waals surface area (Å²) in [4.78, 5) is 28.1. The highest BCUT2D eigenvalue weighted by atomic mass is 35.5. The second-order valence-corrected chi connectivity index (χ2v) is 14.5. The first-order chi connectivity index (χ1) is 18.9. The molecule has 7 nitrogen and oxygen atoms in total. The number of carboxylic acids is 1. The molecular formula is C30H38Cl2N2O5S. The molecule has 40 heavy (non-hydrogen) atoms. The molecule has 4 rings (SSSR count). The molecule has 1 aliphatic heterocycles. The van der Waals surface area contributed by atoms with Crippen LogP contribution >= 0.6 is 23.2 Å². The summed E-state index contributed by atoms with van der Waals surface area (Å²) in [6.45, 7) is 5.56. The van der Waals surface area contributed by atoms with Crippen LogP contribution in [0, 0.1) is 5.41 Å². The number of carbonyl (C=O) groups excluding carboxylic acids is 1. The van der Waals surface area contributed by atoms with Crippen molar-refractivity contribution in [1.29, 1.82) is 0 Å². The molecule has 0 bridgehead atoms. The number of halogens is 2. The van der Waals surface area contributed by atoms with Gasteiger partial charge in [0.05, 0.1) is 22.6 Å². The maximum Gasteiger partial charge on any atom is 0.304 e. The Bertz CT molecular complexity index is 1340. The Kier molecular flexibility index (Phi) is 9.25. The highest BCUT2D eigenvalue weighted by Crippen LogP contribution is 2.52.